The maximum absolute atomic E-state index is 5.45. The van der Waals surface area contributed by atoms with Gasteiger partial charge in [-0.05, 0) is 85.4 Å². The number of rotatable bonds is 4. The van der Waals surface area contributed by atoms with Crippen LogP contribution >= 0.6 is 0 Å². The SMILES string of the molecule is C1=CC(c2nc(-c3cc4ccccc4c4ccccc34)cc(-c3cc4ccccc4c4ccccc34)n2)CC=C1c1nc2c(nc3ccccn32)c2ccccc12. The lowest BCUT2D eigenvalue weighted by molar-refractivity contribution is 0.777. The Balaban J connectivity index is 1.04. The van der Waals surface area contributed by atoms with Gasteiger partial charge in [-0.3, -0.25) is 4.40 Å². The van der Waals surface area contributed by atoms with Crippen LogP contribution < -0.4 is 0 Å². The summed E-state index contributed by atoms with van der Waals surface area (Å²) in [5.41, 5.74) is 8.76. The van der Waals surface area contributed by atoms with E-state index in [2.05, 4.69) is 162 Å². The Morgan fingerprint density at radius 2 is 1.02 bits per heavy atom. The number of fused-ring (bicyclic) bond motifs is 11. The average molecular weight is 728 g/mol. The summed E-state index contributed by atoms with van der Waals surface area (Å²) < 4.78 is 2.08. The molecule has 266 valence electrons. The van der Waals surface area contributed by atoms with E-state index in [1.165, 1.54) is 43.1 Å². The molecule has 7 aromatic carbocycles. The minimum absolute atomic E-state index is 0.0308. The molecule has 1 aliphatic rings. The van der Waals surface area contributed by atoms with Gasteiger partial charge >= 0.3 is 0 Å². The summed E-state index contributed by atoms with van der Waals surface area (Å²) in [5.74, 6) is 0.773. The van der Waals surface area contributed by atoms with Crippen molar-refractivity contribution in [3.05, 3.63) is 194 Å². The minimum atomic E-state index is -0.0308. The molecule has 0 N–H and O–H groups in total. The zero-order valence-electron chi connectivity index (χ0n) is 30.8. The van der Waals surface area contributed by atoms with Gasteiger partial charge in [0.05, 0.1) is 17.1 Å². The van der Waals surface area contributed by atoms with Gasteiger partial charge in [-0.1, -0.05) is 146 Å². The summed E-state index contributed by atoms with van der Waals surface area (Å²) in [6, 6.07) is 56.0. The van der Waals surface area contributed by atoms with Gasteiger partial charge in [0.1, 0.15) is 17.0 Å². The van der Waals surface area contributed by atoms with E-state index < -0.39 is 0 Å². The van der Waals surface area contributed by atoms with Crippen molar-refractivity contribution < 1.29 is 0 Å². The molecule has 0 saturated heterocycles. The predicted molar refractivity (Wildman–Crippen MR) is 235 cm³/mol. The van der Waals surface area contributed by atoms with Crippen LogP contribution in [-0.4, -0.2) is 24.3 Å². The molecule has 4 aromatic heterocycles. The van der Waals surface area contributed by atoms with Crippen LogP contribution in [0.3, 0.4) is 0 Å². The van der Waals surface area contributed by atoms with Crippen molar-refractivity contribution in [2.24, 2.45) is 0 Å². The molecule has 11 aromatic rings. The zero-order valence-corrected chi connectivity index (χ0v) is 30.8. The molecule has 57 heavy (non-hydrogen) atoms. The maximum atomic E-state index is 5.45. The van der Waals surface area contributed by atoms with Crippen LogP contribution in [-0.2, 0) is 0 Å². The largest absolute Gasteiger partial charge is 0.284 e. The van der Waals surface area contributed by atoms with E-state index in [0.717, 1.165) is 73.6 Å². The van der Waals surface area contributed by atoms with Gasteiger partial charge in [-0.15, -0.1) is 0 Å². The number of imidazole rings is 1. The Morgan fingerprint density at radius 3 is 1.63 bits per heavy atom. The molecule has 0 saturated carbocycles. The fourth-order valence-electron chi connectivity index (χ4n) is 8.98. The fraction of sp³-hybridized carbons (Fsp3) is 0.0385. The first kappa shape index (κ1) is 31.8. The van der Waals surface area contributed by atoms with Crippen LogP contribution in [0.15, 0.2) is 182 Å². The quantitative estimate of drug-likeness (QED) is 0.169. The van der Waals surface area contributed by atoms with Crippen LogP contribution in [0.5, 0.6) is 0 Å². The molecular weight excluding hydrogens is 695 g/mol. The Bertz CT molecular complexity index is 3380. The highest BCUT2D eigenvalue weighted by molar-refractivity contribution is 6.15. The van der Waals surface area contributed by atoms with Crippen LogP contribution in [0.2, 0.25) is 0 Å². The Labute approximate surface area is 327 Å². The molecule has 12 rings (SSSR count). The minimum Gasteiger partial charge on any atom is -0.284 e. The fourth-order valence-corrected chi connectivity index (χ4v) is 8.98. The number of hydrogen-bond donors (Lipinski definition) is 0. The van der Waals surface area contributed by atoms with Crippen LogP contribution in [0.1, 0.15) is 23.9 Å². The standard InChI is InChI=1S/C52H33N5/c1-3-15-36-34(13-1)29-44(40-19-7-5-17-38(36)40)46-31-47(45-30-35-14-2-4-16-37(35)39-18-6-8-20-41(39)45)54-51(53-46)33-26-24-32(25-27-33)49-42-21-9-10-22-43(42)50-52(56-49)57-28-12-11-23-48(57)55-50/h1-26,28-31,33H,27H2. The smallest absolute Gasteiger partial charge is 0.165 e. The summed E-state index contributed by atoms with van der Waals surface area (Å²) in [6.07, 6.45) is 9.57. The third kappa shape index (κ3) is 5.02. The van der Waals surface area contributed by atoms with Crippen molar-refractivity contribution in [1.29, 1.82) is 0 Å². The number of allylic oxidation sites excluding steroid dienone is 4. The van der Waals surface area contributed by atoms with E-state index in [4.69, 9.17) is 19.9 Å². The van der Waals surface area contributed by atoms with Gasteiger partial charge in [-0.2, -0.15) is 0 Å². The van der Waals surface area contributed by atoms with Gasteiger partial charge in [0.2, 0.25) is 0 Å². The van der Waals surface area contributed by atoms with Gasteiger partial charge in [0, 0.05) is 34.0 Å². The van der Waals surface area contributed by atoms with E-state index >= 15 is 0 Å². The van der Waals surface area contributed by atoms with Crippen molar-refractivity contribution in [2.75, 3.05) is 0 Å². The second-order valence-corrected chi connectivity index (χ2v) is 15.0. The third-order valence-electron chi connectivity index (χ3n) is 11.7. The van der Waals surface area contributed by atoms with Crippen molar-refractivity contribution in [2.45, 2.75) is 12.3 Å². The molecule has 5 nitrogen and oxygen atoms in total. The predicted octanol–water partition coefficient (Wildman–Crippen LogP) is 12.9. The first-order valence-corrected chi connectivity index (χ1v) is 19.5. The molecule has 4 heterocycles. The lowest BCUT2D eigenvalue weighted by Crippen LogP contribution is -2.07. The number of nitrogens with zero attached hydrogens (tertiary/aromatic N) is 5. The highest BCUT2D eigenvalue weighted by atomic mass is 15.1. The van der Waals surface area contributed by atoms with E-state index in [-0.39, 0.29) is 5.92 Å². The average Bonchev–Trinajstić information content (AvgIpc) is 3.67. The Morgan fingerprint density at radius 1 is 0.474 bits per heavy atom. The van der Waals surface area contributed by atoms with Crippen LogP contribution in [0.25, 0.3) is 98.8 Å². The molecule has 1 aliphatic carbocycles. The molecule has 0 spiro atoms. The lowest BCUT2D eigenvalue weighted by atomic mass is 9.91. The topological polar surface area (TPSA) is 56.0 Å². The highest BCUT2D eigenvalue weighted by Gasteiger charge is 2.22. The molecule has 0 amide bonds. The molecule has 0 radical (unpaired) electrons. The number of aromatic nitrogens is 5. The molecule has 5 heteroatoms. The van der Waals surface area contributed by atoms with E-state index in [1.807, 2.05) is 24.4 Å². The molecule has 0 aliphatic heterocycles. The van der Waals surface area contributed by atoms with Crippen LogP contribution in [0.4, 0.5) is 0 Å². The van der Waals surface area contributed by atoms with Gasteiger partial charge in [0.25, 0.3) is 0 Å². The number of benzene rings is 7. The molecule has 0 bridgehead atoms. The number of hydrogen-bond acceptors (Lipinski definition) is 4. The Hall–Kier alpha value is -7.50. The maximum Gasteiger partial charge on any atom is 0.165 e. The summed E-state index contributed by atoms with van der Waals surface area (Å²) in [6.45, 7) is 0. The van der Waals surface area contributed by atoms with Crippen molar-refractivity contribution in [1.82, 2.24) is 24.3 Å². The number of pyridine rings is 2. The summed E-state index contributed by atoms with van der Waals surface area (Å²) in [5, 5.41) is 11.8. The van der Waals surface area contributed by atoms with Crippen molar-refractivity contribution in [3.63, 3.8) is 0 Å². The molecule has 0 fully saturated rings. The van der Waals surface area contributed by atoms with Crippen molar-refractivity contribution >= 4 is 76.2 Å². The third-order valence-corrected chi connectivity index (χ3v) is 11.7. The van der Waals surface area contributed by atoms with E-state index in [9.17, 15) is 0 Å². The van der Waals surface area contributed by atoms with Gasteiger partial charge in [-0.25, -0.2) is 19.9 Å². The second-order valence-electron chi connectivity index (χ2n) is 15.0. The van der Waals surface area contributed by atoms with E-state index in [0.29, 0.717) is 0 Å². The lowest BCUT2D eigenvalue weighted by Gasteiger charge is -2.19. The monoisotopic (exact) mass is 727 g/mol. The summed E-state index contributed by atoms with van der Waals surface area (Å²) in [7, 11) is 0. The first-order chi connectivity index (χ1) is 28.2. The molecule has 1 unspecified atom stereocenters. The molecular formula is C52H33N5. The summed E-state index contributed by atoms with van der Waals surface area (Å²) >= 11 is 0. The molecule has 1 atom stereocenters. The summed E-state index contributed by atoms with van der Waals surface area (Å²) in [4.78, 5) is 21.1. The second kappa shape index (κ2) is 12.5. The van der Waals surface area contributed by atoms with Gasteiger partial charge < -0.3 is 0 Å². The highest BCUT2D eigenvalue weighted by Crippen LogP contribution is 2.40. The normalized spacial score (nSPS) is 14.5. The first-order valence-electron chi connectivity index (χ1n) is 19.5. The van der Waals surface area contributed by atoms with Crippen LogP contribution in [0, 0.1) is 0 Å². The van der Waals surface area contributed by atoms with E-state index in [1.54, 1.807) is 0 Å². The van der Waals surface area contributed by atoms with Crippen molar-refractivity contribution in [3.8, 4) is 22.5 Å². The Kier molecular flexibility index (Phi) is 6.99. The van der Waals surface area contributed by atoms with Gasteiger partial charge in [0.15, 0.2) is 5.65 Å². The zero-order chi connectivity index (χ0) is 37.5.